The SMILES string of the molecule is C=C/C(C)=C\Cc1cnc(C2=CC(=O)C(=C)CC(/C=C\C(=C/C)N3CCC(=C)C(CCCC)CC3)=N2)cc1C(=C)CC. The second-order valence-electron chi connectivity index (χ2n) is 11.4. The van der Waals surface area contributed by atoms with Crippen LogP contribution in [-0.4, -0.2) is 34.5 Å². The molecule has 1 unspecified atom stereocenters. The van der Waals surface area contributed by atoms with E-state index < -0.39 is 0 Å². The molecule has 0 amide bonds. The van der Waals surface area contributed by atoms with E-state index in [0.717, 1.165) is 66.8 Å². The molecule has 42 heavy (non-hydrogen) atoms. The molecule has 1 fully saturated rings. The normalized spacial score (nSPS) is 19.0. The minimum absolute atomic E-state index is 0.112. The van der Waals surface area contributed by atoms with Crippen LogP contribution in [0.3, 0.4) is 0 Å². The zero-order valence-electron chi connectivity index (χ0n) is 26.3. The summed E-state index contributed by atoms with van der Waals surface area (Å²) >= 11 is 0. The summed E-state index contributed by atoms with van der Waals surface area (Å²) in [5, 5.41) is 0. The third kappa shape index (κ3) is 8.85. The van der Waals surface area contributed by atoms with Gasteiger partial charge >= 0.3 is 0 Å². The monoisotopic (exact) mass is 563 g/mol. The number of nitrogens with zero attached hydrogens (tertiary/aromatic N) is 3. The molecule has 2 aliphatic rings. The molecule has 222 valence electrons. The van der Waals surface area contributed by atoms with Crippen molar-refractivity contribution in [3.63, 3.8) is 0 Å². The van der Waals surface area contributed by atoms with Crippen molar-refractivity contribution in [2.45, 2.75) is 79.1 Å². The van der Waals surface area contributed by atoms with Crippen molar-refractivity contribution < 1.29 is 4.79 Å². The Balaban J connectivity index is 1.89. The largest absolute Gasteiger partial charge is 0.371 e. The van der Waals surface area contributed by atoms with E-state index in [9.17, 15) is 4.79 Å². The van der Waals surface area contributed by atoms with Crippen molar-refractivity contribution in [2.75, 3.05) is 13.1 Å². The number of pyridine rings is 1. The molecule has 1 aromatic rings. The first-order valence-corrected chi connectivity index (χ1v) is 15.5. The number of hydrogen-bond donors (Lipinski definition) is 0. The van der Waals surface area contributed by atoms with Crippen LogP contribution in [0, 0.1) is 5.92 Å². The minimum Gasteiger partial charge on any atom is -0.371 e. The van der Waals surface area contributed by atoms with Crippen molar-refractivity contribution in [3.8, 4) is 0 Å². The number of rotatable bonds is 12. The number of hydrogen-bond acceptors (Lipinski definition) is 4. The van der Waals surface area contributed by atoms with E-state index in [1.165, 1.54) is 30.5 Å². The van der Waals surface area contributed by atoms with E-state index in [-0.39, 0.29) is 5.78 Å². The van der Waals surface area contributed by atoms with E-state index >= 15 is 0 Å². The van der Waals surface area contributed by atoms with Crippen LogP contribution in [0.25, 0.3) is 11.3 Å². The molecular formula is C38H49N3O. The van der Waals surface area contributed by atoms with Gasteiger partial charge in [-0.2, -0.15) is 0 Å². The summed E-state index contributed by atoms with van der Waals surface area (Å²) in [7, 11) is 0. The third-order valence-electron chi connectivity index (χ3n) is 8.34. The van der Waals surface area contributed by atoms with Gasteiger partial charge in [-0.3, -0.25) is 14.8 Å². The van der Waals surface area contributed by atoms with Gasteiger partial charge in [0.05, 0.1) is 11.4 Å². The maximum absolute atomic E-state index is 12.9. The Labute approximate surface area is 254 Å². The molecule has 1 aromatic heterocycles. The molecule has 1 saturated heterocycles. The fraction of sp³-hybridized carbons (Fsp3) is 0.395. The zero-order chi connectivity index (χ0) is 30.6. The first-order chi connectivity index (χ1) is 20.2. The van der Waals surface area contributed by atoms with Gasteiger partial charge in [0.1, 0.15) is 0 Å². The standard InChI is InChI=1S/C38H49N3O/c1-9-13-14-31-20-22-41(21-19-29(31)7)34(12-4)18-17-33-23-30(8)38(42)25-37(40-33)36-24-35(28(6)11-3)32(26-39-36)16-15-27(5)10-2/h10,12,15,17-18,24-26,31H,2,6-9,11,13-14,16,19-23H2,1,3-5H3/b18-17-,27-15-,34-12+. The number of aromatic nitrogens is 1. The van der Waals surface area contributed by atoms with Gasteiger partial charge in [0.15, 0.2) is 5.78 Å². The van der Waals surface area contributed by atoms with E-state index in [1.807, 2.05) is 31.3 Å². The molecule has 3 rings (SSSR count). The first-order valence-electron chi connectivity index (χ1n) is 15.5. The number of carbonyl (C=O) groups is 1. The highest BCUT2D eigenvalue weighted by atomic mass is 16.1. The molecule has 0 spiro atoms. The van der Waals surface area contributed by atoms with Gasteiger partial charge in [-0.1, -0.05) is 82.4 Å². The smallest absolute Gasteiger partial charge is 0.183 e. The number of allylic oxidation sites excluding steroid dienone is 9. The summed E-state index contributed by atoms with van der Waals surface area (Å²) < 4.78 is 0. The molecule has 0 aliphatic carbocycles. The molecule has 0 radical (unpaired) electrons. The van der Waals surface area contributed by atoms with Crippen LogP contribution in [0.4, 0.5) is 0 Å². The van der Waals surface area contributed by atoms with Gasteiger partial charge in [-0.25, -0.2) is 0 Å². The zero-order valence-corrected chi connectivity index (χ0v) is 26.3. The molecule has 0 saturated carbocycles. The Morgan fingerprint density at radius 1 is 1.21 bits per heavy atom. The molecule has 4 nitrogen and oxygen atoms in total. The average Bonchev–Trinajstić information content (AvgIpc) is 3.27. The molecule has 2 aliphatic heterocycles. The summed E-state index contributed by atoms with van der Waals surface area (Å²) in [5.74, 6) is 0.499. The minimum atomic E-state index is -0.112. The van der Waals surface area contributed by atoms with Gasteiger partial charge in [-0.15, -0.1) is 0 Å². The Hall–Kier alpha value is -3.79. The highest BCUT2D eigenvalue weighted by molar-refractivity contribution is 6.15. The van der Waals surface area contributed by atoms with Gasteiger partial charge in [0, 0.05) is 43.2 Å². The maximum Gasteiger partial charge on any atom is 0.183 e. The van der Waals surface area contributed by atoms with E-state index in [2.05, 4.69) is 70.2 Å². The van der Waals surface area contributed by atoms with Crippen LogP contribution in [0.5, 0.6) is 0 Å². The third-order valence-corrected chi connectivity index (χ3v) is 8.34. The Kier molecular flexibility index (Phi) is 12.5. The van der Waals surface area contributed by atoms with Crippen molar-refractivity contribution >= 4 is 22.8 Å². The molecule has 3 heterocycles. The number of carbonyl (C=O) groups excluding carboxylic acids is 1. The van der Waals surface area contributed by atoms with Gasteiger partial charge in [0.2, 0.25) is 0 Å². The lowest BCUT2D eigenvalue weighted by molar-refractivity contribution is -0.111. The highest BCUT2D eigenvalue weighted by Crippen LogP contribution is 2.30. The molecule has 4 heteroatoms. The van der Waals surface area contributed by atoms with Crippen LogP contribution in [0.1, 0.15) is 89.5 Å². The van der Waals surface area contributed by atoms with Crippen molar-refractivity contribution in [2.24, 2.45) is 10.9 Å². The second-order valence-corrected chi connectivity index (χ2v) is 11.4. The Morgan fingerprint density at radius 2 is 2.00 bits per heavy atom. The van der Waals surface area contributed by atoms with Crippen molar-refractivity contribution in [3.05, 3.63) is 114 Å². The lowest BCUT2D eigenvalue weighted by Gasteiger charge is -2.24. The highest BCUT2D eigenvalue weighted by Gasteiger charge is 2.21. The maximum atomic E-state index is 12.9. The number of likely N-dealkylation sites (tertiary alicyclic amines) is 1. The van der Waals surface area contributed by atoms with Crippen LogP contribution >= 0.6 is 0 Å². The quantitative estimate of drug-likeness (QED) is 0.145. The number of ketones is 1. The Morgan fingerprint density at radius 3 is 2.69 bits per heavy atom. The average molecular weight is 564 g/mol. The van der Waals surface area contributed by atoms with Crippen LogP contribution in [0.15, 0.2) is 102 Å². The fourth-order valence-corrected chi connectivity index (χ4v) is 5.38. The first kappa shape index (κ1) is 32.7. The second kappa shape index (κ2) is 16.0. The van der Waals surface area contributed by atoms with Gasteiger partial charge in [0.25, 0.3) is 0 Å². The molecular weight excluding hydrogens is 514 g/mol. The van der Waals surface area contributed by atoms with Crippen molar-refractivity contribution in [1.29, 1.82) is 0 Å². The number of aliphatic imine (C=N–C) groups is 1. The molecule has 0 bridgehead atoms. The van der Waals surface area contributed by atoms with E-state index in [0.29, 0.717) is 29.3 Å². The lowest BCUT2D eigenvalue weighted by atomic mass is 9.91. The summed E-state index contributed by atoms with van der Waals surface area (Å²) in [6.07, 6.45) is 21.6. The summed E-state index contributed by atoms with van der Waals surface area (Å²) in [4.78, 5) is 25.1. The summed E-state index contributed by atoms with van der Waals surface area (Å²) in [5.41, 5.74) is 9.39. The predicted octanol–water partition coefficient (Wildman–Crippen LogP) is 9.41. The van der Waals surface area contributed by atoms with Crippen LogP contribution in [0.2, 0.25) is 0 Å². The lowest BCUT2D eigenvalue weighted by Crippen LogP contribution is -2.23. The van der Waals surface area contributed by atoms with E-state index in [1.54, 1.807) is 6.08 Å². The number of unbranched alkanes of at least 4 members (excludes halogenated alkanes) is 1. The molecule has 0 aromatic carbocycles. The molecule has 1 atom stereocenters. The van der Waals surface area contributed by atoms with E-state index in [4.69, 9.17) is 9.98 Å². The van der Waals surface area contributed by atoms with Gasteiger partial charge < -0.3 is 4.90 Å². The predicted molar refractivity (Wildman–Crippen MR) is 181 cm³/mol. The van der Waals surface area contributed by atoms with Crippen LogP contribution < -0.4 is 0 Å². The summed E-state index contributed by atoms with van der Waals surface area (Å²) in [6.45, 7) is 27.1. The molecule has 0 N–H and O–H groups in total. The fourth-order valence-electron chi connectivity index (χ4n) is 5.38. The van der Waals surface area contributed by atoms with Gasteiger partial charge in [-0.05, 0) is 92.4 Å². The van der Waals surface area contributed by atoms with Crippen molar-refractivity contribution in [1.82, 2.24) is 9.88 Å². The van der Waals surface area contributed by atoms with Crippen LogP contribution in [-0.2, 0) is 11.2 Å². The summed E-state index contributed by atoms with van der Waals surface area (Å²) in [6, 6.07) is 2.02. The Bertz CT molecular complexity index is 1360. The topological polar surface area (TPSA) is 45.6 Å².